The molecule has 1 fully saturated rings. The van der Waals surface area contributed by atoms with Crippen LogP contribution in [0.1, 0.15) is 4.88 Å². The number of methoxy groups -OCH3 is 1. The van der Waals surface area contributed by atoms with E-state index >= 15 is 0 Å². The van der Waals surface area contributed by atoms with Gasteiger partial charge in [0.25, 0.3) is 0 Å². The molecule has 0 radical (unpaired) electrons. The minimum Gasteiger partial charge on any atom is -0.383 e. The van der Waals surface area contributed by atoms with Gasteiger partial charge in [-0.1, -0.05) is 6.07 Å². The Morgan fingerprint density at radius 3 is 2.57 bits per heavy atom. The lowest BCUT2D eigenvalue weighted by Gasteiger charge is -2.35. The molecule has 1 aromatic rings. The second-order valence-corrected chi connectivity index (χ2v) is 5.77. The van der Waals surface area contributed by atoms with Crippen LogP contribution in [-0.4, -0.2) is 61.6 Å². The van der Waals surface area contributed by atoms with E-state index < -0.39 is 6.04 Å². The van der Waals surface area contributed by atoms with E-state index in [2.05, 4.69) is 22.4 Å². The van der Waals surface area contributed by atoms with Gasteiger partial charge in [-0.3, -0.25) is 9.69 Å². The van der Waals surface area contributed by atoms with Gasteiger partial charge in [0.05, 0.1) is 6.61 Å². The molecule has 8 heteroatoms. The molecule has 0 aliphatic carbocycles. The first-order valence-corrected chi connectivity index (χ1v) is 7.36. The summed E-state index contributed by atoms with van der Waals surface area (Å²) in [6.07, 6.45) is 0. The summed E-state index contributed by atoms with van der Waals surface area (Å²) in [6.45, 7) is 4.58. The second-order valence-electron chi connectivity index (χ2n) is 4.74. The lowest BCUT2D eigenvalue weighted by Crippen LogP contribution is -2.53. The number of ether oxygens (including phenoxy) is 1. The lowest BCUT2D eigenvalue weighted by molar-refractivity contribution is -0.135. The normalized spacial score (nSPS) is 16.8. The van der Waals surface area contributed by atoms with E-state index in [4.69, 9.17) is 10.5 Å². The number of nitrogens with zero attached hydrogens (tertiary/aromatic N) is 2. The molecule has 2 N–H and O–H groups in total. The molecule has 21 heavy (non-hydrogen) atoms. The number of piperazine rings is 1. The Bertz CT molecular complexity index is 398. The van der Waals surface area contributed by atoms with Crippen molar-refractivity contribution < 1.29 is 9.53 Å². The largest absolute Gasteiger partial charge is 0.383 e. The number of hydrogen-bond donors (Lipinski definition) is 1. The highest BCUT2D eigenvalue weighted by Gasteiger charge is 2.25. The molecule has 0 aromatic carbocycles. The van der Waals surface area contributed by atoms with Crippen molar-refractivity contribution in [3.05, 3.63) is 22.4 Å². The van der Waals surface area contributed by atoms with E-state index in [0.29, 0.717) is 0 Å². The maximum atomic E-state index is 12.0. The van der Waals surface area contributed by atoms with Crippen molar-refractivity contribution in [2.75, 3.05) is 39.9 Å². The minimum absolute atomic E-state index is 0. The molecule has 1 saturated heterocycles. The van der Waals surface area contributed by atoms with Crippen LogP contribution in [0.3, 0.4) is 0 Å². The van der Waals surface area contributed by atoms with Gasteiger partial charge in [0.15, 0.2) is 0 Å². The fourth-order valence-corrected chi connectivity index (χ4v) is 2.98. The van der Waals surface area contributed by atoms with Gasteiger partial charge < -0.3 is 15.4 Å². The summed E-state index contributed by atoms with van der Waals surface area (Å²) in [5.41, 5.74) is 5.77. The fourth-order valence-electron chi connectivity index (χ4n) is 2.23. The Morgan fingerprint density at radius 1 is 1.38 bits per heavy atom. The highest BCUT2D eigenvalue weighted by atomic mass is 35.5. The van der Waals surface area contributed by atoms with Crippen LogP contribution in [0.4, 0.5) is 0 Å². The van der Waals surface area contributed by atoms with Crippen LogP contribution in [-0.2, 0) is 16.1 Å². The smallest absolute Gasteiger partial charge is 0.241 e. The molecule has 1 unspecified atom stereocenters. The average molecular weight is 356 g/mol. The third-order valence-electron chi connectivity index (χ3n) is 3.31. The summed E-state index contributed by atoms with van der Waals surface area (Å²) in [6, 6.07) is 3.69. The van der Waals surface area contributed by atoms with Gasteiger partial charge in [-0.2, -0.15) is 0 Å². The Morgan fingerprint density at radius 2 is 2.05 bits per heavy atom. The second kappa shape index (κ2) is 10.4. The molecule has 1 amide bonds. The summed E-state index contributed by atoms with van der Waals surface area (Å²) >= 11 is 1.78. The number of rotatable bonds is 5. The highest BCUT2D eigenvalue weighted by molar-refractivity contribution is 7.09. The highest BCUT2D eigenvalue weighted by Crippen LogP contribution is 2.13. The zero-order chi connectivity index (χ0) is 13.7. The molecule has 1 aliphatic rings. The van der Waals surface area contributed by atoms with Crippen LogP contribution < -0.4 is 5.73 Å². The minimum atomic E-state index is -0.533. The standard InChI is InChI=1S/C13H21N3O2S.2ClH/c1-18-10-12(14)13(17)16-6-4-15(5-7-16)9-11-3-2-8-19-11;;/h2-3,8,12H,4-7,9-10,14H2,1H3;2*1H. The Balaban J connectivity index is 0.00000200. The summed E-state index contributed by atoms with van der Waals surface area (Å²) in [5, 5.41) is 2.10. The van der Waals surface area contributed by atoms with Crippen molar-refractivity contribution in [2.24, 2.45) is 5.73 Å². The van der Waals surface area contributed by atoms with Crippen molar-refractivity contribution in [2.45, 2.75) is 12.6 Å². The molecule has 0 saturated carbocycles. The molecule has 2 heterocycles. The summed E-state index contributed by atoms with van der Waals surface area (Å²) in [7, 11) is 1.56. The maximum Gasteiger partial charge on any atom is 0.241 e. The maximum absolute atomic E-state index is 12.0. The van der Waals surface area contributed by atoms with Gasteiger partial charge in [-0.05, 0) is 11.4 Å². The third-order valence-corrected chi connectivity index (χ3v) is 4.17. The molecule has 122 valence electrons. The monoisotopic (exact) mass is 355 g/mol. The van der Waals surface area contributed by atoms with E-state index in [1.165, 1.54) is 4.88 Å². The van der Waals surface area contributed by atoms with Gasteiger partial charge >= 0.3 is 0 Å². The lowest BCUT2D eigenvalue weighted by atomic mass is 10.2. The van der Waals surface area contributed by atoms with E-state index in [-0.39, 0.29) is 37.3 Å². The zero-order valence-corrected chi connectivity index (χ0v) is 14.5. The van der Waals surface area contributed by atoms with Gasteiger partial charge in [0, 0.05) is 44.7 Å². The van der Waals surface area contributed by atoms with Gasteiger partial charge in [-0.15, -0.1) is 36.2 Å². The first kappa shape index (κ1) is 20.6. The number of halogens is 2. The molecule has 5 nitrogen and oxygen atoms in total. The summed E-state index contributed by atoms with van der Waals surface area (Å²) < 4.78 is 4.93. The SMILES string of the molecule is COCC(N)C(=O)N1CCN(Cc2cccs2)CC1.Cl.Cl. The third kappa shape index (κ3) is 6.10. The van der Waals surface area contributed by atoms with Crippen molar-refractivity contribution in [1.29, 1.82) is 0 Å². The van der Waals surface area contributed by atoms with Crippen molar-refractivity contribution in [1.82, 2.24) is 9.80 Å². The number of nitrogens with two attached hydrogens (primary N) is 1. The molecule has 2 rings (SSSR count). The van der Waals surface area contributed by atoms with Crippen LogP contribution in [0, 0.1) is 0 Å². The van der Waals surface area contributed by atoms with Crippen molar-refractivity contribution in [3.63, 3.8) is 0 Å². The number of carbonyl (C=O) groups is 1. The summed E-state index contributed by atoms with van der Waals surface area (Å²) in [5.74, 6) is -0.00220. The van der Waals surface area contributed by atoms with Crippen molar-refractivity contribution >= 4 is 42.1 Å². The van der Waals surface area contributed by atoms with Crippen LogP contribution in [0.15, 0.2) is 17.5 Å². The number of carbonyl (C=O) groups excluding carboxylic acids is 1. The average Bonchev–Trinajstić information content (AvgIpc) is 2.92. The van der Waals surface area contributed by atoms with Gasteiger partial charge in [0.1, 0.15) is 6.04 Å². The molecule has 1 atom stereocenters. The summed E-state index contributed by atoms with van der Waals surface area (Å²) in [4.78, 5) is 17.6. The van der Waals surface area contributed by atoms with E-state index in [0.717, 1.165) is 32.7 Å². The predicted octanol–water partition coefficient (Wildman–Crippen LogP) is 1.21. The Kier molecular flexibility index (Phi) is 10.2. The zero-order valence-electron chi connectivity index (χ0n) is 12.1. The molecule has 1 aromatic heterocycles. The fraction of sp³-hybridized carbons (Fsp3) is 0.615. The molecule has 0 spiro atoms. The quantitative estimate of drug-likeness (QED) is 0.862. The van der Waals surface area contributed by atoms with Crippen molar-refractivity contribution in [3.8, 4) is 0 Å². The first-order chi connectivity index (χ1) is 9.20. The van der Waals surface area contributed by atoms with Gasteiger partial charge in [0.2, 0.25) is 5.91 Å². The Hall–Kier alpha value is -0.370. The number of amides is 1. The Labute approximate surface area is 142 Å². The number of hydrogen-bond acceptors (Lipinski definition) is 5. The molecule has 1 aliphatic heterocycles. The van der Waals surface area contributed by atoms with Crippen LogP contribution in [0.2, 0.25) is 0 Å². The van der Waals surface area contributed by atoms with Crippen LogP contribution in [0.25, 0.3) is 0 Å². The first-order valence-electron chi connectivity index (χ1n) is 6.48. The van der Waals surface area contributed by atoms with Gasteiger partial charge in [-0.25, -0.2) is 0 Å². The topological polar surface area (TPSA) is 58.8 Å². The predicted molar refractivity (Wildman–Crippen MR) is 90.5 cm³/mol. The van der Waals surface area contributed by atoms with E-state index in [1.807, 2.05) is 4.90 Å². The number of thiophene rings is 1. The van der Waals surface area contributed by atoms with Crippen LogP contribution >= 0.6 is 36.2 Å². The molecule has 0 bridgehead atoms. The van der Waals surface area contributed by atoms with Crippen LogP contribution in [0.5, 0.6) is 0 Å². The van der Waals surface area contributed by atoms with E-state index in [9.17, 15) is 4.79 Å². The molecular formula is C13H23Cl2N3O2S. The molecular weight excluding hydrogens is 333 g/mol. The van der Waals surface area contributed by atoms with E-state index in [1.54, 1.807) is 18.4 Å².